The van der Waals surface area contributed by atoms with Crippen molar-refractivity contribution < 1.29 is 13.9 Å². The lowest BCUT2D eigenvalue weighted by Crippen LogP contribution is -2.28. The van der Waals surface area contributed by atoms with Crippen LogP contribution in [0.4, 0.5) is 8.78 Å². The van der Waals surface area contributed by atoms with E-state index in [2.05, 4.69) is 0 Å². The first-order chi connectivity index (χ1) is 6.35. The fraction of sp³-hybridized carbons (Fsp3) is 0.455. The molecule has 0 aromatic heterocycles. The third kappa shape index (κ3) is 1.93. The summed E-state index contributed by atoms with van der Waals surface area (Å²) in [6, 6.07) is 3.47. The normalized spacial score (nSPS) is 15.6. The van der Waals surface area contributed by atoms with Gasteiger partial charge in [0.05, 0.1) is 5.60 Å². The molecule has 0 radical (unpaired) electrons. The number of benzene rings is 1. The maximum atomic E-state index is 12.9. The molecule has 1 atom stereocenters. The van der Waals surface area contributed by atoms with Crippen molar-refractivity contribution in [2.75, 3.05) is 0 Å². The lowest BCUT2D eigenvalue weighted by atomic mass is 9.85. The number of aliphatic hydroxyl groups is 1. The predicted molar refractivity (Wildman–Crippen MR) is 50.8 cm³/mol. The molecule has 0 aliphatic carbocycles. The third-order valence-corrected chi connectivity index (χ3v) is 2.63. The van der Waals surface area contributed by atoms with Gasteiger partial charge in [-0.2, -0.15) is 0 Å². The van der Waals surface area contributed by atoms with E-state index in [0.29, 0.717) is 5.56 Å². The van der Waals surface area contributed by atoms with Crippen molar-refractivity contribution in [3.05, 3.63) is 35.4 Å². The first-order valence-corrected chi connectivity index (χ1v) is 4.53. The molecule has 0 bridgehead atoms. The zero-order chi connectivity index (χ0) is 10.9. The van der Waals surface area contributed by atoms with Crippen LogP contribution in [-0.4, -0.2) is 5.11 Å². The van der Waals surface area contributed by atoms with Crippen LogP contribution in [0.15, 0.2) is 18.2 Å². The van der Waals surface area contributed by atoms with Gasteiger partial charge in [0.15, 0.2) is 11.6 Å². The summed E-state index contributed by atoms with van der Waals surface area (Å²) in [5.41, 5.74) is -0.736. The summed E-state index contributed by atoms with van der Waals surface area (Å²) in [6.07, 6.45) is 0. The van der Waals surface area contributed by atoms with Crippen molar-refractivity contribution >= 4 is 0 Å². The quantitative estimate of drug-likeness (QED) is 0.778. The van der Waals surface area contributed by atoms with E-state index in [0.717, 1.165) is 12.1 Å². The Morgan fingerprint density at radius 3 is 2.21 bits per heavy atom. The van der Waals surface area contributed by atoms with Gasteiger partial charge in [0.25, 0.3) is 0 Å². The molecule has 14 heavy (non-hydrogen) atoms. The number of rotatable bonds is 2. The summed E-state index contributed by atoms with van der Waals surface area (Å²) in [5.74, 6) is -1.89. The lowest BCUT2D eigenvalue weighted by molar-refractivity contribution is 0.00868. The Hall–Kier alpha value is -0.960. The van der Waals surface area contributed by atoms with Crippen LogP contribution >= 0.6 is 0 Å². The van der Waals surface area contributed by atoms with E-state index >= 15 is 0 Å². The molecule has 0 amide bonds. The van der Waals surface area contributed by atoms with Crippen molar-refractivity contribution in [1.29, 1.82) is 0 Å². The molecule has 1 rings (SSSR count). The van der Waals surface area contributed by atoms with E-state index in [1.165, 1.54) is 6.07 Å². The Kier molecular flexibility index (Phi) is 2.90. The van der Waals surface area contributed by atoms with E-state index in [9.17, 15) is 13.9 Å². The van der Waals surface area contributed by atoms with Crippen LogP contribution < -0.4 is 0 Å². The highest BCUT2D eigenvalue weighted by Crippen LogP contribution is 2.29. The van der Waals surface area contributed by atoms with Gasteiger partial charge in [-0.1, -0.05) is 19.9 Å². The zero-order valence-electron chi connectivity index (χ0n) is 8.51. The summed E-state index contributed by atoms with van der Waals surface area (Å²) in [6.45, 7) is 5.23. The van der Waals surface area contributed by atoms with E-state index in [-0.39, 0.29) is 5.92 Å². The summed E-state index contributed by atoms with van der Waals surface area (Å²) in [7, 11) is 0. The Labute approximate surface area is 82.4 Å². The van der Waals surface area contributed by atoms with Gasteiger partial charge in [0.2, 0.25) is 0 Å². The van der Waals surface area contributed by atoms with E-state index in [1.54, 1.807) is 6.92 Å². The Balaban J connectivity index is 3.14. The highest BCUT2D eigenvalue weighted by atomic mass is 19.2. The number of hydrogen-bond donors (Lipinski definition) is 1. The SMILES string of the molecule is CC(C)[C@@](C)(O)c1ccc(F)c(F)c1. The maximum absolute atomic E-state index is 12.9. The van der Waals surface area contributed by atoms with Crippen molar-refractivity contribution in [2.45, 2.75) is 26.4 Å². The first-order valence-electron chi connectivity index (χ1n) is 4.53. The average molecular weight is 200 g/mol. The van der Waals surface area contributed by atoms with E-state index < -0.39 is 17.2 Å². The second kappa shape index (κ2) is 3.65. The van der Waals surface area contributed by atoms with Gasteiger partial charge in [-0.3, -0.25) is 0 Å². The van der Waals surface area contributed by atoms with Crippen LogP contribution in [-0.2, 0) is 5.60 Å². The predicted octanol–water partition coefficient (Wildman–Crippen LogP) is 2.83. The molecule has 0 saturated carbocycles. The van der Waals surface area contributed by atoms with E-state index in [1.807, 2.05) is 13.8 Å². The molecule has 1 nitrogen and oxygen atoms in total. The monoisotopic (exact) mass is 200 g/mol. The molecule has 3 heteroatoms. The standard InChI is InChI=1S/C11H14F2O/c1-7(2)11(3,14)8-4-5-9(12)10(13)6-8/h4-7,14H,1-3H3/t11-/m1/s1. The van der Waals surface area contributed by atoms with Crippen molar-refractivity contribution in [3.8, 4) is 0 Å². The van der Waals surface area contributed by atoms with E-state index in [4.69, 9.17) is 0 Å². The summed E-state index contributed by atoms with van der Waals surface area (Å²) < 4.78 is 25.5. The summed E-state index contributed by atoms with van der Waals surface area (Å²) >= 11 is 0. The van der Waals surface area contributed by atoms with Crippen LogP contribution in [0.5, 0.6) is 0 Å². The fourth-order valence-electron chi connectivity index (χ4n) is 1.14. The molecule has 0 aliphatic rings. The van der Waals surface area contributed by atoms with Crippen LogP contribution in [0.1, 0.15) is 26.3 Å². The summed E-state index contributed by atoms with van der Waals surface area (Å²) in [5, 5.41) is 9.99. The number of halogens is 2. The molecule has 0 spiro atoms. The molecular formula is C11H14F2O. The Morgan fingerprint density at radius 1 is 1.21 bits per heavy atom. The van der Waals surface area contributed by atoms with Crippen LogP contribution in [0.2, 0.25) is 0 Å². The van der Waals surface area contributed by atoms with Gasteiger partial charge < -0.3 is 5.11 Å². The molecule has 0 heterocycles. The molecule has 0 unspecified atom stereocenters. The third-order valence-electron chi connectivity index (χ3n) is 2.63. The minimum Gasteiger partial charge on any atom is -0.385 e. The fourth-order valence-corrected chi connectivity index (χ4v) is 1.14. The lowest BCUT2D eigenvalue weighted by Gasteiger charge is -2.28. The molecule has 0 saturated heterocycles. The van der Waals surface area contributed by atoms with Crippen molar-refractivity contribution in [1.82, 2.24) is 0 Å². The highest BCUT2D eigenvalue weighted by molar-refractivity contribution is 5.23. The van der Waals surface area contributed by atoms with Gasteiger partial charge in [0, 0.05) is 0 Å². The molecular weight excluding hydrogens is 186 g/mol. The first kappa shape index (κ1) is 11.1. The number of hydrogen-bond acceptors (Lipinski definition) is 1. The minimum atomic E-state index is -1.13. The topological polar surface area (TPSA) is 20.2 Å². The van der Waals surface area contributed by atoms with Crippen LogP contribution in [0, 0.1) is 17.6 Å². The Bertz CT molecular complexity index is 332. The minimum absolute atomic E-state index is 0.0626. The van der Waals surface area contributed by atoms with Gasteiger partial charge in [-0.25, -0.2) is 8.78 Å². The smallest absolute Gasteiger partial charge is 0.159 e. The average Bonchev–Trinajstić information content (AvgIpc) is 2.09. The zero-order valence-corrected chi connectivity index (χ0v) is 8.51. The highest BCUT2D eigenvalue weighted by Gasteiger charge is 2.27. The second-order valence-electron chi connectivity index (χ2n) is 3.93. The van der Waals surface area contributed by atoms with Crippen molar-refractivity contribution in [2.24, 2.45) is 5.92 Å². The molecule has 1 aromatic rings. The molecule has 0 aliphatic heterocycles. The largest absolute Gasteiger partial charge is 0.385 e. The molecule has 1 N–H and O–H groups in total. The van der Waals surface area contributed by atoms with Crippen LogP contribution in [0.3, 0.4) is 0 Å². The van der Waals surface area contributed by atoms with Gasteiger partial charge in [-0.05, 0) is 30.5 Å². The van der Waals surface area contributed by atoms with Crippen LogP contribution in [0.25, 0.3) is 0 Å². The molecule has 78 valence electrons. The molecule has 1 aromatic carbocycles. The van der Waals surface area contributed by atoms with Crippen molar-refractivity contribution in [3.63, 3.8) is 0 Å². The second-order valence-corrected chi connectivity index (χ2v) is 3.93. The van der Waals surface area contributed by atoms with Gasteiger partial charge >= 0.3 is 0 Å². The maximum Gasteiger partial charge on any atom is 0.159 e. The van der Waals surface area contributed by atoms with Gasteiger partial charge in [-0.15, -0.1) is 0 Å². The summed E-state index contributed by atoms with van der Waals surface area (Å²) in [4.78, 5) is 0. The molecule has 0 fully saturated rings. The van der Waals surface area contributed by atoms with Gasteiger partial charge in [0.1, 0.15) is 0 Å². The Morgan fingerprint density at radius 2 is 1.79 bits per heavy atom.